The van der Waals surface area contributed by atoms with Gasteiger partial charge in [0.1, 0.15) is 72.6 Å². The van der Waals surface area contributed by atoms with Gasteiger partial charge < -0.3 is 115 Å². The Kier molecular flexibility index (Phi) is 40.7. The molecule has 111 heavy (non-hydrogen) atoms. The molecule has 1 aliphatic rings. The molecule has 1 fully saturated rings. The van der Waals surface area contributed by atoms with Crippen molar-refractivity contribution >= 4 is 123 Å². The number of para-hydroxylation sites is 1. The molecule has 1 saturated heterocycles. The maximum absolute atomic E-state index is 14.9. The van der Waals surface area contributed by atoms with Crippen molar-refractivity contribution in [3.05, 3.63) is 36.0 Å². The number of H-pyrrole nitrogens is 1. The maximum atomic E-state index is 14.9. The van der Waals surface area contributed by atoms with Crippen LogP contribution in [0.3, 0.4) is 0 Å². The number of carbonyl (C=O) groups excluding carboxylic acids is 15. The summed E-state index contributed by atoms with van der Waals surface area (Å²) in [6.07, 6.45) is 0.419. The van der Waals surface area contributed by atoms with Crippen molar-refractivity contribution in [2.24, 2.45) is 17.4 Å². The number of primary amides is 1. The first-order valence-electron chi connectivity index (χ1n) is 36.5. The van der Waals surface area contributed by atoms with Gasteiger partial charge >= 0.3 is 29.8 Å². The van der Waals surface area contributed by atoms with Gasteiger partial charge in [0.05, 0.1) is 45.4 Å². The highest BCUT2D eigenvalue weighted by Gasteiger charge is 2.41. The lowest BCUT2D eigenvalue weighted by atomic mass is 9.98. The van der Waals surface area contributed by atoms with Gasteiger partial charge in [0.25, 0.3) is 0 Å². The number of rotatable bonds is 36. The first-order chi connectivity index (χ1) is 52.4. The van der Waals surface area contributed by atoms with E-state index in [9.17, 15) is 117 Å². The number of aromatic amines is 1. The Balaban J connectivity index is 2.19. The van der Waals surface area contributed by atoms with Gasteiger partial charge in [-0.15, -0.1) is 0 Å². The van der Waals surface area contributed by atoms with Crippen LogP contribution in [0, 0.1) is 5.92 Å². The van der Waals surface area contributed by atoms with Crippen molar-refractivity contribution in [3.8, 4) is 0 Å². The SMILES string of the molecule is CCCCCCCCCCC(=O)NC(Cc1c[nH]c2ccccc12)C(=O)NC(CC(N)=O)C(=O)NC(CC(=O)O)C(=O)NC1C(=O)N(C)CC(=O)NC(C)C(=O)NC(CC(=O)O)C(=O)NC(CCCCN)C(=O)NC(CC(=O)O)C(=O)NCC(=O)NC(CO)C(=O)NC(CCC(=O)O)C(=O)NC(C(C)CC)C(=O)OC1C. The van der Waals surface area contributed by atoms with Crippen molar-refractivity contribution in [2.45, 2.75) is 236 Å². The van der Waals surface area contributed by atoms with Crippen LogP contribution in [0.2, 0.25) is 0 Å². The average molecular weight is 1570 g/mol. The summed E-state index contributed by atoms with van der Waals surface area (Å²) < 4.78 is 5.75. The zero-order valence-electron chi connectivity index (χ0n) is 62.9. The summed E-state index contributed by atoms with van der Waals surface area (Å²) in [6, 6.07) is -14.4. The molecule has 0 radical (unpaired) electrons. The number of nitrogens with zero attached hydrogens (tertiary/aromatic N) is 1. The fourth-order valence-corrected chi connectivity index (χ4v) is 11.4. The van der Waals surface area contributed by atoms with Crippen LogP contribution in [0.5, 0.6) is 0 Å². The Hall–Kier alpha value is -11.4. The third kappa shape index (κ3) is 33.6. The van der Waals surface area contributed by atoms with Crippen molar-refractivity contribution in [1.82, 2.24) is 73.7 Å². The largest absolute Gasteiger partial charge is 0.481 e. The molecule has 0 saturated carbocycles. The lowest BCUT2D eigenvalue weighted by molar-refractivity contribution is -0.159. The summed E-state index contributed by atoms with van der Waals surface area (Å²) in [5.74, 6) is -26.6. The zero-order chi connectivity index (χ0) is 83.2. The number of aliphatic carboxylic acids is 4. The Morgan fingerprint density at radius 1 is 0.586 bits per heavy atom. The number of esters is 1. The molecule has 1 aromatic carbocycles. The number of benzene rings is 1. The van der Waals surface area contributed by atoms with Crippen molar-refractivity contribution in [3.63, 3.8) is 0 Å². The summed E-state index contributed by atoms with van der Waals surface area (Å²) in [7, 11) is 0.938. The molecule has 3 rings (SSSR count). The van der Waals surface area contributed by atoms with Gasteiger partial charge in [0.15, 0.2) is 0 Å². The number of hydrogen-bond donors (Lipinski definition) is 20. The number of carbonyl (C=O) groups is 19. The molecule has 0 aliphatic carbocycles. The quantitative estimate of drug-likeness (QED) is 0.0226. The van der Waals surface area contributed by atoms with Gasteiger partial charge in [0.2, 0.25) is 82.7 Å². The smallest absolute Gasteiger partial charge is 0.329 e. The summed E-state index contributed by atoms with van der Waals surface area (Å²) in [5.41, 5.74) is 12.4. The molecule has 41 nitrogen and oxygen atoms in total. The molecular weight excluding hydrogens is 1460 g/mol. The lowest BCUT2D eigenvalue weighted by Crippen LogP contribution is -2.62. The molecule has 41 heteroatoms. The Morgan fingerprint density at radius 2 is 1.14 bits per heavy atom. The third-order valence-corrected chi connectivity index (χ3v) is 17.8. The number of fused-ring (bicyclic) bond motifs is 1. The van der Waals surface area contributed by atoms with Crippen LogP contribution in [-0.2, 0) is 102 Å². The van der Waals surface area contributed by atoms with Crippen LogP contribution in [-0.4, -0.2) is 254 Å². The van der Waals surface area contributed by atoms with E-state index >= 15 is 0 Å². The number of aromatic nitrogens is 1. The number of aliphatic hydroxyl groups excluding tert-OH is 1. The highest BCUT2D eigenvalue weighted by Crippen LogP contribution is 2.21. The van der Waals surface area contributed by atoms with Gasteiger partial charge in [0, 0.05) is 43.4 Å². The number of hydrogen-bond acceptors (Lipinski definition) is 22. The van der Waals surface area contributed by atoms with Gasteiger partial charge in [-0.3, -0.25) is 86.3 Å². The fraction of sp³-hybridized carbons (Fsp3) is 0.614. The van der Waals surface area contributed by atoms with Gasteiger partial charge in [-0.1, -0.05) is 90.3 Å². The topological polar surface area (TPSA) is 650 Å². The van der Waals surface area contributed by atoms with E-state index in [1.165, 1.54) is 13.8 Å². The number of nitrogens with one attached hydrogen (secondary N) is 13. The molecule has 22 N–H and O–H groups in total. The summed E-state index contributed by atoms with van der Waals surface area (Å²) in [6.45, 7) is 3.66. The second-order valence-corrected chi connectivity index (χ2v) is 27.0. The van der Waals surface area contributed by atoms with Crippen LogP contribution in [0.15, 0.2) is 30.5 Å². The minimum absolute atomic E-state index is 0.00713. The predicted octanol–water partition coefficient (Wildman–Crippen LogP) is -4.55. The standard InChI is InChI=1S/C70H106N16O25/c1-7-9-10-11-12-13-14-15-23-51(89)76-44(27-39-32-73-41-21-17-16-20-40(39)41)64(104)81-45(28-50(72)88)65(105)83-48(31-57(98)99)67(107)85-59-38(5)111-70(110)58(36(3)8-2)84-63(103)43(24-25-54(92)93)79-68(108)49(35-87)77-52(90)33-74-61(101)46(29-55(94)95)82-62(102)42(22-18-19-26-71)78-66(106)47(30-56(96)97)80-60(100)37(4)75-53(91)34-86(6)69(59)109/h16-17,20-21,32,36-38,42-49,58-59,73,87H,7-15,18-19,22-31,33-35,71H2,1-6H3,(H2,72,88)(H,74,101)(H,75,91)(H,76,89)(H,77,90)(H,78,106)(H,79,108)(H,80,100)(H,81,104)(H,82,102)(H,83,105)(H,84,103)(H,85,107)(H,92,93)(H,94,95)(H,96,97)(H,98,99). The third-order valence-electron chi connectivity index (χ3n) is 17.8. The highest BCUT2D eigenvalue weighted by atomic mass is 16.5. The predicted molar refractivity (Wildman–Crippen MR) is 389 cm³/mol. The molecule has 2 heterocycles. The molecule has 1 aromatic heterocycles. The number of cyclic esters (lactones) is 1. The fourth-order valence-electron chi connectivity index (χ4n) is 11.4. The molecule has 13 atom stereocenters. The number of carboxylic acids is 4. The Morgan fingerprint density at radius 3 is 1.72 bits per heavy atom. The lowest BCUT2D eigenvalue weighted by Gasteiger charge is -2.32. The summed E-state index contributed by atoms with van der Waals surface area (Å²) in [4.78, 5) is 262. The minimum Gasteiger partial charge on any atom is -0.481 e. The van der Waals surface area contributed by atoms with Crippen LogP contribution < -0.4 is 75.3 Å². The number of ether oxygens (including phenoxy) is 1. The maximum Gasteiger partial charge on any atom is 0.329 e. The first-order valence-corrected chi connectivity index (χ1v) is 36.5. The molecule has 0 spiro atoms. The van der Waals surface area contributed by atoms with Crippen LogP contribution >= 0.6 is 0 Å². The minimum atomic E-state index is -2.30. The van der Waals surface area contributed by atoms with Crippen molar-refractivity contribution < 1.29 is 121 Å². The summed E-state index contributed by atoms with van der Waals surface area (Å²) >= 11 is 0. The number of unbranched alkanes of at least 4 members (excludes halogenated alkanes) is 8. The molecule has 13 unspecified atom stereocenters. The monoisotopic (exact) mass is 1570 g/mol. The first kappa shape index (κ1) is 93.8. The van der Waals surface area contributed by atoms with E-state index < -0.39 is 249 Å². The second kappa shape index (κ2) is 48.2. The van der Waals surface area contributed by atoms with E-state index in [1.807, 2.05) is 10.6 Å². The number of amides is 14. The zero-order valence-corrected chi connectivity index (χ0v) is 62.9. The highest BCUT2D eigenvalue weighted by molar-refractivity contribution is 6.02. The molecule has 2 aromatic rings. The molecule has 14 amide bonds. The summed E-state index contributed by atoms with van der Waals surface area (Å²) in [5, 5.41) is 77.1. The second-order valence-electron chi connectivity index (χ2n) is 27.0. The van der Waals surface area contributed by atoms with Crippen LogP contribution in [0.25, 0.3) is 10.9 Å². The van der Waals surface area contributed by atoms with E-state index in [0.29, 0.717) is 34.2 Å². The molecule has 616 valence electrons. The Labute approximate surface area is 638 Å². The van der Waals surface area contributed by atoms with Crippen LogP contribution in [0.1, 0.15) is 162 Å². The normalized spacial score (nSPS) is 21.7. The van der Waals surface area contributed by atoms with Gasteiger partial charge in [-0.25, -0.2) is 4.79 Å². The van der Waals surface area contributed by atoms with E-state index in [0.717, 1.165) is 59.4 Å². The van der Waals surface area contributed by atoms with E-state index in [-0.39, 0.29) is 45.1 Å². The van der Waals surface area contributed by atoms with E-state index in [2.05, 4.69) is 65.1 Å². The van der Waals surface area contributed by atoms with E-state index in [1.54, 1.807) is 30.5 Å². The van der Waals surface area contributed by atoms with Gasteiger partial charge in [-0.05, 0) is 70.0 Å². The molecule has 1 aliphatic heterocycles. The number of carboxylic acid groups (broad SMARTS) is 4. The number of likely N-dealkylation sites (N-methyl/N-ethyl adjacent to an activating group) is 1. The van der Waals surface area contributed by atoms with Crippen LogP contribution in [0.4, 0.5) is 0 Å². The molecular formula is C70H106N16O25. The average Bonchev–Trinajstić information content (AvgIpc) is 1.71. The number of aliphatic hydroxyl groups is 1. The van der Waals surface area contributed by atoms with Gasteiger partial charge in [-0.2, -0.15) is 0 Å². The van der Waals surface area contributed by atoms with Crippen molar-refractivity contribution in [1.29, 1.82) is 0 Å². The van der Waals surface area contributed by atoms with E-state index in [4.69, 9.17) is 16.2 Å². The van der Waals surface area contributed by atoms with Crippen molar-refractivity contribution in [2.75, 3.05) is 33.3 Å². The number of nitrogens with two attached hydrogens (primary N) is 2. The molecule has 0 bridgehead atoms. The Bertz CT molecular complexity index is 3630.